The first-order valence-corrected chi connectivity index (χ1v) is 9.51. The largest absolute Gasteiger partial charge is 0.442 e. The van der Waals surface area contributed by atoms with Crippen molar-refractivity contribution in [2.24, 2.45) is 0 Å². The van der Waals surface area contributed by atoms with Gasteiger partial charge in [-0.2, -0.15) is 11.3 Å². The summed E-state index contributed by atoms with van der Waals surface area (Å²) in [5.41, 5.74) is 2.88. The molecule has 26 heavy (non-hydrogen) atoms. The van der Waals surface area contributed by atoms with Gasteiger partial charge in [-0.1, -0.05) is 29.4 Å². The molecule has 0 N–H and O–H groups in total. The quantitative estimate of drug-likeness (QED) is 0.670. The maximum absolute atomic E-state index is 12.9. The molecule has 0 spiro atoms. The van der Waals surface area contributed by atoms with Gasteiger partial charge in [0.25, 0.3) is 0 Å². The average molecular weight is 369 g/mol. The summed E-state index contributed by atoms with van der Waals surface area (Å²) >= 11 is 1.62. The molecule has 134 valence electrons. The molecule has 1 aromatic carbocycles. The second-order valence-electron chi connectivity index (χ2n) is 6.56. The SMILES string of the molecule is Cc1ccccc1-c1noc(=O)n1CC(=O)N(Cc1ccsc1)C1CC1. The lowest BCUT2D eigenvalue weighted by Gasteiger charge is -2.22. The van der Waals surface area contributed by atoms with E-state index >= 15 is 0 Å². The normalized spacial score (nSPS) is 13.7. The molecule has 7 heteroatoms. The van der Waals surface area contributed by atoms with E-state index < -0.39 is 5.76 Å². The zero-order valence-corrected chi connectivity index (χ0v) is 15.2. The summed E-state index contributed by atoms with van der Waals surface area (Å²) in [6.45, 7) is 2.45. The van der Waals surface area contributed by atoms with Crippen LogP contribution in [0.2, 0.25) is 0 Å². The second-order valence-corrected chi connectivity index (χ2v) is 7.34. The van der Waals surface area contributed by atoms with Gasteiger partial charge in [0, 0.05) is 18.2 Å². The van der Waals surface area contributed by atoms with Gasteiger partial charge in [-0.05, 0) is 47.7 Å². The Morgan fingerprint density at radius 1 is 1.35 bits per heavy atom. The van der Waals surface area contributed by atoms with Gasteiger partial charge in [0.1, 0.15) is 6.54 Å². The Bertz CT molecular complexity index is 970. The van der Waals surface area contributed by atoms with Crippen LogP contribution >= 0.6 is 11.3 Å². The van der Waals surface area contributed by atoms with Crippen molar-refractivity contribution >= 4 is 17.2 Å². The van der Waals surface area contributed by atoms with E-state index in [-0.39, 0.29) is 18.5 Å². The molecule has 1 saturated carbocycles. The monoisotopic (exact) mass is 369 g/mol. The number of amides is 1. The minimum atomic E-state index is -0.608. The van der Waals surface area contributed by atoms with Crippen LogP contribution in [0.1, 0.15) is 24.0 Å². The van der Waals surface area contributed by atoms with E-state index in [0.717, 1.165) is 29.5 Å². The van der Waals surface area contributed by atoms with Crippen LogP contribution in [-0.2, 0) is 17.9 Å². The average Bonchev–Trinajstić information content (AvgIpc) is 3.23. The van der Waals surface area contributed by atoms with Crippen LogP contribution in [0.4, 0.5) is 0 Å². The maximum Gasteiger partial charge on any atom is 0.442 e. The molecule has 2 aromatic heterocycles. The van der Waals surface area contributed by atoms with Crippen LogP contribution in [0.15, 0.2) is 50.4 Å². The molecule has 1 aliphatic rings. The summed E-state index contributed by atoms with van der Waals surface area (Å²) < 4.78 is 6.18. The van der Waals surface area contributed by atoms with Crippen LogP contribution < -0.4 is 5.76 Å². The molecule has 0 bridgehead atoms. The minimum Gasteiger partial charge on any atom is -0.334 e. The van der Waals surface area contributed by atoms with E-state index in [0.29, 0.717) is 12.4 Å². The predicted molar refractivity (Wildman–Crippen MR) is 98.8 cm³/mol. The zero-order valence-electron chi connectivity index (χ0n) is 14.4. The highest BCUT2D eigenvalue weighted by atomic mass is 32.1. The van der Waals surface area contributed by atoms with Gasteiger partial charge in [0.2, 0.25) is 5.91 Å². The van der Waals surface area contributed by atoms with Crippen molar-refractivity contribution in [2.45, 2.75) is 38.9 Å². The topological polar surface area (TPSA) is 68.3 Å². The van der Waals surface area contributed by atoms with E-state index in [9.17, 15) is 9.59 Å². The molecule has 0 atom stereocenters. The molecule has 3 aromatic rings. The molecule has 1 fully saturated rings. The smallest absolute Gasteiger partial charge is 0.334 e. The molecular weight excluding hydrogens is 350 g/mol. The summed E-state index contributed by atoms with van der Waals surface area (Å²) in [4.78, 5) is 27.0. The van der Waals surface area contributed by atoms with Crippen molar-refractivity contribution in [2.75, 3.05) is 0 Å². The summed E-state index contributed by atoms with van der Waals surface area (Å²) in [6.07, 6.45) is 2.03. The number of hydrogen-bond acceptors (Lipinski definition) is 5. The lowest BCUT2D eigenvalue weighted by atomic mass is 10.1. The van der Waals surface area contributed by atoms with Crippen molar-refractivity contribution in [3.8, 4) is 11.4 Å². The molecule has 0 saturated heterocycles. The van der Waals surface area contributed by atoms with Crippen LogP contribution in [0.3, 0.4) is 0 Å². The molecule has 0 aliphatic heterocycles. The molecule has 2 heterocycles. The lowest BCUT2D eigenvalue weighted by molar-refractivity contribution is -0.133. The van der Waals surface area contributed by atoms with Crippen LogP contribution in [0.25, 0.3) is 11.4 Å². The number of nitrogens with zero attached hydrogens (tertiary/aromatic N) is 3. The number of carbonyl (C=O) groups is 1. The van der Waals surface area contributed by atoms with Gasteiger partial charge in [-0.25, -0.2) is 9.36 Å². The van der Waals surface area contributed by atoms with Crippen LogP contribution in [0.5, 0.6) is 0 Å². The number of aryl methyl sites for hydroxylation is 1. The Morgan fingerprint density at radius 3 is 2.85 bits per heavy atom. The maximum atomic E-state index is 12.9. The first kappa shape index (κ1) is 16.8. The first-order valence-electron chi connectivity index (χ1n) is 8.56. The van der Waals surface area contributed by atoms with Crippen molar-refractivity contribution in [3.05, 3.63) is 62.8 Å². The molecule has 1 aliphatic carbocycles. The lowest BCUT2D eigenvalue weighted by Crippen LogP contribution is -2.37. The van der Waals surface area contributed by atoms with Gasteiger partial charge in [-0.15, -0.1) is 0 Å². The number of carbonyl (C=O) groups excluding carboxylic acids is 1. The second kappa shape index (κ2) is 6.92. The third-order valence-electron chi connectivity index (χ3n) is 4.61. The van der Waals surface area contributed by atoms with Crippen LogP contribution in [-0.4, -0.2) is 26.6 Å². The Balaban J connectivity index is 1.60. The number of hydrogen-bond donors (Lipinski definition) is 0. The molecule has 6 nitrogen and oxygen atoms in total. The predicted octanol–water partition coefficient (Wildman–Crippen LogP) is 3.06. The van der Waals surface area contributed by atoms with Gasteiger partial charge >= 0.3 is 5.76 Å². The van der Waals surface area contributed by atoms with Gasteiger partial charge < -0.3 is 4.90 Å². The molecular formula is C19H19N3O3S. The van der Waals surface area contributed by atoms with E-state index in [2.05, 4.69) is 5.16 Å². The van der Waals surface area contributed by atoms with E-state index in [4.69, 9.17) is 4.52 Å². The van der Waals surface area contributed by atoms with Crippen molar-refractivity contribution < 1.29 is 9.32 Å². The summed E-state index contributed by atoms with van der Waals surface area (Å²) in [7, 11) is 0. The Labute approximate surface area is 154 Å². The summed E-state index contributed by atoms with van der Waals surface area (Å²) in [5.74, 6) is -0.297. The highest BCUT2D eigenvalue weighted by molar-refractivity contribution is 7.07. The van der Waals surface area contributed by atoms with Crippen molar-refractivity contribution in [3.63, 3.8) is 0 Å². The number of thiophene rings is 1. The van der Waals surface area contributed by atoms with E-state index in [1.807, 2.05) is 52.9 Å². The third-order valence-corrected chi connectivity index (χ3v) is 5.34. The zero-order chi connectivity index (χ0) is 18.1. The summed E-state index contributed by atoms with van der Waals surface area (Å²) in [5, 5.41) is 7.96. The number of rotatable bonds is 6. The molecule has 4 rings (SSSR count). The standard InChI is InChI=1S/C19H19N3O3S/c1-13-4-2-3-5-16(13)18-20-25-19(24)22(18)11-17(23)21(15-6-7-15)10-14-8-9-26-12-14/h2-5,8-9,12,15H,6-7,10-11H2,1H3. The fraction of sp³-hybridized carbons (Fsp3) is 0.316. The van der Waals surface area contributed by atoms with Crippen molar-refractivity contribution in [1.29, 1.82) is 0 Å². The fourth-order valence-electron chi connectivity index (χ4n) is 3.04. The fourth-order valence-corrected chi connectivity index (χ4v) is 3.70. The van der Waals surface area contributed by atoms with Gasteiger partial charge in [0.05, 0.1) is 0 Å². The molecule has 0 unspecified atom stereocenters. The third kappa shape index (κ3) is 3.35. The molecule has 1 amide bonds. The van der Waals surface area contributed by atoms with Gasteiger partial charge in [0.15, 0.2) is 5.82 Å². The summed E-state index contributed by atoms with van der Waals surface area (Å²) in [6, 6.07) is 9.89. The van der Waals surface area contributed by atoms with Crippen molar-refractivity contribution in [1.82, 2.24) is 14.6 Å². The molecule has 0 radical (unpaired) electrons. The minimum absolute atomic E-state index is 0.0629. The first-order chi connectivity index (χ1) is 12.6. The van der Waals surface area contributed by atoms with E-state index in [1.165, 1.54) is 4.57 Å². The van der Waals surface area contributed by atoms with Crippen LogP contribution in [0, 0.1) is 6.92 Å². The number of aromatic nitrogens is 2. The Morgan fingerprint density at radius 2 is 2.15 bits per heavy atom. The van der Waals surface area contributed by atoms with Gasteiger partial charge in [-0.3, -0.25) is 9.32 Å². The number of benzene rings is 1. The Kier molecular flexibility index (Phi) is 4.46. The van der Waals surface area contributed by atoms with E-state index in [1.54, 1.807) is 11.3 Å². The Hall–Kier alpha value is -2.67. The highest BCUT2D eigenvalue weighted by Crippen LogP contribution is 2.29. The highest BCUT2D eigenvalue weighted by Gasteiger charge is 2.33.